The van der Waals surface area contributed by atoms with Crippen molar-refractivity contribution in [3.05, 3.63) is 24.3 Å². The molecule has 0 aromatic carbocycles. The number of thioether (sulfide) groups is 1. The third-order valence-corrected chi connectivity index (χ3v) is 11.7. The second-order valence-corrected chi connectivity index (χ2v) is 17.7. The second-order valence-electron chi connectivity index (χ2n) is 16.5. The van der Waals surface area contributed by atoms with Crippen molar-refractivity contribution in [2.75, 3.05) is 67.4 Å². The molecule has 0 fully saturated rings. The first kappa shape index (κ1) is 55.0. The quantitative estimate of drug-likeness (QED) is 0.0744. The Kier molecular flexibility index (Phi) is 24.5. The maximum absolute atomic E-state index is 14.6. The highest BCUT2D eigenvalue weighted by atomic mass is 32.2. The first-order chi connectivity index (χ1) is 27.3. The van der Waals surface area contributed by atoms with Crippen molar-refractivity contribution >= 4 is 53.2 Å². The number of nitrogens with one attached hydrogen (secondary N) is 4. The zero-order chi connectivity index (χ0) is 45.9. The Balaban J connectivity index is 6.98. The summed E-state index contributed by atoms with van der Waals surface area (Å²) in [5, 5.41) is 9.95. The number of imide groups is 1. The molecule has 8 amide bonds. The summed E-state index contributed by atoms with van der Waals surface area (Å²) in [6.07, 6.45) is 1.78. The molecular formula is C42H76N8O8S. The van der Waals surface area contributed by atoms with Gasteiger partial charge in [0.15, 0.2) is 0 Å². The van der Waals surface area contributed by atoms with Crippen LogP contribution in [0.5, 0.6) is 0 Å². The molecule has 16 nitrogen and oxygen atoms in total. The van der Waals surface area contributed by atoms with Gasteiger partial charge in [-0.25, -0.2) is 4.79 Å². The Labute approximate surface area is 358 Å². The largest absolute Gasteiger partial charge is 0.379 e. The summed E-state index contributed by atoms with van der Waals surface area (Å²) in [7, 11) is 11.4. The molecule has 0 heterocycles. The van der Waals surface area contributed by atoms with Gasteiger partial charge in [-0.05, 0) is 79.3 Å². The molecule has 0 aromatic heterocycles. The smallest absolute Gasteiger partial charge is 0.322 e. The summed E-state index contributed by atoms with van der Waals surface area (Å²) in [5.74, 6) is -2.87. The van der Waals surface area contributed by atoms with Crippen molar-refractivity contribution in [3.8, 4) is 0 Å². The minimum absolute atomic E-state index is 0.00710. The van der Waals surface area contributed by atoms with Gasteiger partial charge in [-0.3, -0.25) is 34.1 Å². The van der Waals surface area contributed by atoms with Crippen molar-refractivity contribution in [1.29, 1.82) is 0 Å². The van der Waals surface area contributed by atoms with E-state index < -0.39 is 77.3 Å². The molecule has 6 atom stereocenters. The van der Waals surface area contributed by atoms with E-state index in [1.165, 1.54) is 49.9 Å². The van der Waals surface area contributed by atoms with Crippen LogP contribution < -0.4 is 21.3 Å². The minimum Gasteiger partial charge on any atom is -0.379 e. The van der Waals surface area contributed by atoms with Gasteiger partial charge >= 0.3 is 6.03 Å². The average molecular weight is 853 g/mol. The van der Waals surface area contributed by atoms with E-state index in [9.17, 15) is 33.6 Å². The number of rotatable bonds is 26. The topological polar surface area (TPSA) is 190 Å². The second kappa shape index (κ2) is 26.3. The predicted octanol–water partition coefficient (Wildman–Crippen LogP) is 3.03. The number of carbonyl (C=O) groups is 7. The summed E-state index contributed by atoms with van der Waals surface area (Å²) in [6.45, 7) is 23.1. The standard InChI is InChI=1S/C42H76N8O8S/c1-18-20-34(51)48(14)33(25-59-22-19-21-47(12)13)39(55)50(16)32(24-42(9,10)58-17)38(54)45-35(29(7)27(4)5)40(56)49(15)31(23-28(6)26(2)3)37(53)46-41(57)44-30(8)36(52)43-11/h26,29-33,35H,4,6,18-25H2,1-3,5,7-17H3,(H,43,52)(H,45,54)(H2,44,46,53,57)/t29?,30-,31+,32-,33+,35+/m0/s1. The normalized spacial score (nSPS) is 14.5. The van der Waals surface area contributed by atoms with Gasteiger partial charge in [0, 0.05) is 59.8 Å². The van der Waals surface area contributed by atoms with Gasteiger partial charge in [0.2, 0.25) is 29.5 Å². The number of urea groups is 1. The molecule has 0 aliphatic rings. The molecule has 4 N–H and O–H groups in total. The molecule has 0 saturated heterocycles. The van der Waals surface area contributed by atoms with Crippen molar-refractivity contribution < 1.29 is 38.3 Å². The van der Waals surface area contributed by atoms with Crippen LogP contribution in [0.4, 0.5) is 4.79 Å². The molecule has 338 valence electrons. The van der Waals surface area contributed by atoms with E-state index in [0.29, 0.717) is 23.3 Å². The van der Waals surface area contributed by atoms with Crippen LogP contribution in [-0.4, -0.2) is 164 Å². The SMILES string of the molecule is C=C(C[C@H](C(=O)NC(=O)N[C@@H](C)C(=O)NC)N(C)C(=O)[C@H](NC(=O)[C@H](CC(C)(C)OC)N(C)C(=O)[C@@H](CSCCCN(C)C)N(C)C(=O)CCC)C(C)C(=C)C)C(C)C. The summed E-state index contributed by atoms with van der Waals surface area (Å²) < 4.78 is 5.72. The Morgan fingerprint density at radius 3 is 1.86 bits per heavy atom. The number of hydrogen-bond donors (Lipinski definition) is 4. The number of likely N-dealkylation sites (N-methyl/N-ethyl adjacent to an activating group) is 4. The fourth-order valence-electron chi connectivity index (χ4n) is 5.84. The Morgan fingerprint density at radius 2 is 1.37 bits per heavy atom. The molecule has 0 saturated carbocycles. The number of ether oxygens (including phenoxy) is 1. The first-order valence-electron chi connectivity index (χ1n) is 20.3. The molecule has 59 heavy (non-hydrogen) atoms. The molecule has 0 spiro atoms. The van der Waals surface area contributed by atoms with E-state index in [4.69, 9.17) is 4.74 Å². The molecule has 0 radical (unpaired) electrons. The molecule has 0 aromatic rings. The third kappa shape index (κ3) is 18.5. The van der Waals surface area contributed by atoms with Crippen LogP contribution in [0.15, 0.2) is 24.3 Å². The molecule has 1 unspecified atom stereocenters. The monoisotopic (exact) mass is 853 g/mol. The average Bonchev–Trinajstić information content (AvgIpc) is 3.16. The van der Waals surface area contributed by atoms with Gasteiger partial charge in [0.25, 0.3) is 5.91 Å². The molecule has 0 rings (SSSR count). The van der Waals surface area contributed by atoms with Crippen LogP contribution in [0.2, 0.25) is 0 Å². The fourth-order valence-corrected chi connectivity index (χ4v) is 6.93. The Morgan fingerprint density at radius 1 is 0.797 bits per heavy atom. The van der Waals surface area contributed by atoms with E-state index in [1.807, 2.05) is 34.9 Å². The molecule has 0 aliphatic carbocycles. The van der Waals surface area contributed by atoms with Crippen LogP contribution in [0, 0.1) is 11.8 Å². The van der Waals surface area contributed by atoms with Crippen molar-refractivity contribution in [2.45, 2.75) is 123 Å². The zero-order valence-corrected chi connectivity index (χ0v) is 39.4. The van der Waals surface area contributed by atoms with E-state index in [2.05, 4.69) is 39.3 Å². The lowest BCUT2D eigenvalue weighted by atomic mass is 9.91. The molecule has 17 heteroatoms. The Bertz CT molecular complexity index is 1470. The number of carbonyl (C=O) groups excluding carboxylic acids is 7. The lowest BCUT2D eigenvalue weighted by Gasteiger charge is -2.39. The van der Waals surface area contributed by atoms with Crippen LogP contribution >= 0.6 is 11.8 Å². The number of amides is 8. The number of nitrogens with zero attached hydrogens (tertiary/aromatic N) is 4. The number of hydrogen-bond acceptors (Lipinski definition) is 10. The Hall–Kier alpha value is -3.96. The first-order valence-corrected chi connectivity index (χ1v) is 21.5. The van der Waals surface area contributed by atoms with Gasteiger partial charge < -0.3 is 40.3 Å². The molecule has 0 bridgehead atoms. The third-order valence-electron chi connectivity index (χ3n) is 10.6. The summed E-state index contributed by atoms with van der Waals surface area (Å²) in [4.78, 5) is 101. The fraction of sp³-hybridized carbons (Fsp3) is 0.738. The van der Waals surface area contributed by atoms with E-state index in [-0.39, 0.29) is 31.1 Å². The van der Waals surface area contributed by atoms with Crippen LogP contribution in [0.1, 0.15) is 87.5 Å². The maximum Gasteiger partial charge on any atom is 0.322 e. The van der Waals surface area contributed by atoms with Crippen LogP contribution in [-0.2, 0) is 33.5 Å². The summed E-state index contributed by atoms with van der Waals surface area (Å²) in [6, 6.07) is -6.41. The lowest BCUT2D eigenvalue weighted by molar-refractivity contribution is -0.149. The van der Waals surface area contributed by atoms with E-state index >= 15 is 0 Å². The van der Waals surface area contributed by atoms with Gasteiger partial charge in [-0.15, -0.1) is 0 Å². The van der Waals surface area contributed by atoms with Crippen LogP contribution in [0.3, 0.4) is 0 Å². The van der Waals surface area contributed by atoms with Crippen molar-refractivity contribution in [3.63, 3.8) is 0 Å². The highest BCUT2D eigenvalue weighted by Gasteiger charge is 2.41. The molecular weight excluding hydrogens is 777 g/mol. The van der Waals surface area contributed by atoms with Gasteiger partial charge in [0.05, 0.1) is 5.60 Å². The number of methoxy groups -OCH3 is 1. The van der Waals surface area contributed by atoms with Crippen molar-refractivity contribution in [1.82, 2.24) is 40.9 Å². The van der Waals surface area contributed by atoms with Crippen LogP contribution in [0.25, 0.3) is 0 Å². The van der Waals surface area contributed by atoms with Crippen molar-refractivity contribution in [2.24, 2.45) is 11.8 Å². The minimum atomic E-state index is -1.26. The highest BCUT2D eigenvalue weighted by molar-refractivity contribution is 7.99. The zero-order valence-electron chi connectivity index (χ0n) is 38.6. The highest BCUT2D eigenvalue weighted by Crippen LogP contribution is 2.24. The summed E-state index contributed by atoms with van der Waals surface area (Å²) >= 11 is 1.56. The maximum atomic E-state index is 14.6. The van der Waals surface area contributed by atoms with Gasteiger partial charge in [-0.2, -0.15) is 11.8 Å². The van der Waals surface area contributed by atoms with Gasteiger partial charge in [-0.1, -0.05) is 52.0 Å². The van der Waals surface area contributed by atoms with Gasteiger partial charge in [0.1, 0.15) is 30.2 Å². The summed E-state index contributed by atoms with van der Waals surface area (Å²) in [5.41, 5.74) is 0.295. The van der Waals surface area contributed by atoms with E-state index in [0.717, 1.165) is 18.7 Å². The lowest BCUT2D eigenvalue weighted by Crippen LogP contribution is -2.61. The molecule has 0 aliphatic heterocycles. The van der Waals surface area contributed by atoms with E-state index in [1.54, 1.807) is 46.5 Å². The predicted molar refractivity (Wildman–Crippen MR) is 235 cm³/mol.